The standard InChI is InChI=1S/C20H20N6O3S2/c1-13-11-26-12-14(4-7-17(26)24-13)19(27)22-8-15-5-6-16(9-21-15)31(28,29)18-10-23-20(30-18)25(2)3/h4-7,9-12H,8H2,1-3H3,(H,22,27). The molecule has 0 fully saturated rings. The van der Waals surface area contributed by atoms with Gasteiger partial charge in [-0.25, -0.2) is 18.4 Å². The monoisotopic (exact) mass is 456 g/mol. The van der Waals surface area contributed by atoms with Crippen LogP contribution in [0.2, 0.25) is 0 Å². The summed E-state index contributed by atoms with van der Waals surface area (Å²) >= 11 is 1.10. The van der Waals surface area contributed by atoms with Crippen LogP contribution in [0.15, 0.2) is 58.2 Å². The van der Waals surface area contributed by atoms with E-state index < -0.39 is 9.84 Å². The average molecular weight is 457 g/mol. The lowest BCUT2D eigenvalue weighted by molar-refractivity contribution is 0.0950. The molecule has 4 rings (SSSR count). The fourth-order valence-electron chi connectivity index (χ4n) is 2.90. The summed E-state index contributed by atoms with van der Waals surface area (Å²) in [5.74, 6) is -0.257. The fourth-order valence-corrected chi connectivity index (χ4v) is 5.28. The van der Waals surface area contributed by atoms with Crippen molar-refractivity contribution in [1.29, 1.82) is 0 Å². The van der Waals surface area contributed by atoms with Crippen LogP contribution in [0, 0.1) is 6.92 Å². The minimum absolute atomic E-state index is 0.0810. The van der Waals surface area contributed by atoms with Crippen LogP contribution < -0.4 is 10.2 Å². The molecule has 0 radical (unpaired) electrons. The molecule has 31 heavy (non-hydrogen) atoms. The van der Waals surface area contributed by atoms with E-state index in [4.69, 9.17) is 0 Å². The number of carbonyl (C=O) groups is 1. The average Bonchev–Trinajstić information content (AvgIpc) is 3.38. The van der Waals surface area contributed by atoms with Gasteiger partial charge in [0.25, 0.3) is 5.91 Å². The van der Waals surface area contributed by atoms with Crippen LogP contribution in [0.4, 0.5) is 5.13 Å². The van der Waals surface area contributed by atoms with Gasteiger partial charge in [-0.1, -0.05) is 11.3 Å². The van der Waals surface area contributed by atoms with E-state index in [-0.39, 0.29) is 21.6 Å². The van der Waals surface area contributed by atoms with Crippen LogP contribution in [0.5, 0.6) is 0 Å². The second-order valence-corrected chi connectivity index (χ2v) is 10.3. The summed E-state index contributed by atoms with van der Waals surface area (Å²) in [4.78, 5) is 26.9. The Morgan fingerprint density at radius 3 is 2.61 bits per heavy atom. The van der Waals surface area contributed by atoms with Gasteiger partial charge in [-0.05, 0) is 31.2 Å². The number of aromatic nitrogens is 4. The number of nitrogens with zero attached hydrogens (tertiary/aromatic N) is 5. The van der Waals surface area contributed by atoms with Crippen molar-refractivity contribution in [2.45, 2.75) is 22.6 Å². The van der Waals surface area contributed by atoms with Crippen LogP contribution in [0.3, 0.4) is 0 Å². The highest BCUT2D eigenvalue weighted by Gasteiger charge is 2.22. The van der Waals surface area contributed by atoms with Crippen molar-refractivity contribution < 1.29 is 13.2 Å². The minimum atomic E-state index is -3.69. The number of rotatable bonds is 6. The third kappa shape index (κ3) is 4.28. The Balaban J connectivity index is 1.44. The Kier molecular flexibility index (Phi) is 5.46. The quantitative estimate of drug-likeness (QED) is 0.474. The molecule has 0 bridgehead atoms. The largest absolute Gasteiger partial charge is 0.354 e. The molecule has 1 amide bonds. The molecular formula is C20H20N6O3S2. The molecule has 9 nitrogen and oxygen atoms in total. The van der Waals surface area contributed by atoms with Crippen molar-refractivity contribution >= 4 is 37.9 Å². The van der Waals surface area contributed by atoms with Gasteiger partial charge in [0, 0.05) is 32.7 Å². The molecule has 0 saturated heterocycles. The first-order valence-corrected chi connectivity index (χ1v) is 11.6. The van der Waals surface area contributed by atoms with Crippen molar-refractivity contribution in [3.05, 3.63) is 66.0 Å². The van der Waals surface area contributed by atoms with Crippen molar-refractivity contribution in [3.63, 3.8) is 0 Å². The lowest BCUT2D eigenvalue weighted by Gasteiger charge is -2.07. The molecule has 0 atom stereocenters. The summed E-state index contributed by atoms with van der Waals surface area (Å²) in [6.45, 7) is 2.06. The number of amides is 1. The molecular weight excluding hydrogens is 436 g/mol. The number of aryl methyl sites for hydroxylation is 1. The summed E-state index contributed by atoms with van der Waals surface area (Å²) in [6, 6.07) is 6.56. The van der Waals surface area contributed by atoms with Gasteiger partial charge in [-0.15, -0.1) is 0 Å². The minimum Gasteiger partial charge on any atom is -0.354 e. The number of hydrogen-bond acceptors (Lipinski definition) is 8. The van der Waals surface area contributed by atoms with Gasteiger partial charge >= 0.3 is 0 Å². The molecule has 4 aromatic rings. The number of hydrogen-bond donors (Lipinski definition) is 1. The van der Waals surface area contributed by atoms with E-state index in [0.29, 0.717) is 16.4 Å². The number of sulfone groups is 1. The van der Waals surface area contributed by atoms with Crippen molar-refractivity contribution in [2.24, 2.45) is 0 Å². The van der Waals surface area contributed by atoms with Gasteiger partial charge in [0.15, 0.2) is 5.13 Å². The SMILES string of the molecule is Cc1cn2cc(C(=O)NCc3ccc(S(=O)(=O)c4cnc(N(C)C)s4)cn3)ccc2n1. The summed E-state index contributed by atoms with van der Waals surface area (Å²) in [6.07, 6.45) is 6.20. The summed E-state index contributed by atoms with van der Waals surface area (Å²) in [5, 5.41) is 3.40. The Bertz CT molecular complexity index is 1360. The number of thiazole rings is 1. The molecule has 0 saturated carbocycles. The first-order valence-electron chi connectivity index (χ1n) is 9.31. The third-order valence-electron chi connectivity index (χ3n) is 4.49. The second kappa shape index (κ2) is 8.08. The molecule has 1 N–H and O–H groups in total. The van der Waals surface area contributed by atoms with Crippen LogP contribution in [-0.4, -0.2) is 47.8 Å². The van der Waals surface area contributed by atoms with E-state index in [0.717, 1.165) is 22.7 Å². The highest BCUT2D eigenvalue weighted by molar-refractivity contribution is 7.93. The first kappa shape index (κ1) is 20.9. The predicted molar refractivity (Wildman–Crippen MR) is 117 cm³/mol. The first-order chi connectivity index (χ1) is 14.7. The fraction of sp³-hybridized carbons (Fsp3) is 0.200. The van der Waals surface area contributed by atoms with E-state index in [1.165, 1.54) is 18.5 Å². The molecule has 4 aromatic heterocycles. The van der Waals surface area contributed by atoms with Crippen LogP contribution in [0.25, 0.3) is 5.65 Å². The van der Waals surface area contributed by atoms with E-state index in [1.807, 2.05) is 13.1 Å². The molecule has 0 spiro atoms. The maximum absolute atomic E-state index is 12.8. The Morgan fingerprint density at radius 2 is 1.94 bits per heavy atom. The highest BCUT2D eigenvalue weighted by atomic mass is 32.2. The maximum Gasteiger partial charge on any atom is 0.253 e. The molecule has 0 aromatic carbocycles. The van der Waals surface area contributed by atoms with E-state index in [1.54, 1.807) is 47.8 Å². The van der Waals surface area contributed by atoms with Gasteiger partial charge in [0.1, 0.15) is 9.86 Å². The zero-order valence-electron chi connectivity index (χ0n) is 17.1. The maximum atomic E-state index is 12.8. The molecule has 0 aliphatic rings. The van der Waals surface area contributed by atoms with Crippen molar-refractivity contribution in [3.8, 4) is 0 Å². The molecule has 0 aliphatic carbocycles. The lowest BCUT2D eigenvalue weighted by Crippen LogP contribution is -2.23. The number of fused-ring (bicyclic) bond motifs is 1. The van der Waals surface area contributed by atoms with E-state index in [9.17, 15) is 13.2 Å². The van der Waals surface area contributed by atoms with Crippen LogP contribution in [-0.2, 0) is 16.4 Å². The molecule has 0 unspecified atom stereocenters. The summed E-state index contributed by atoms with van der Waals surface area (Å²) in [5.41, 5.74) is 2.68. The number of carbonyl (C=O) groups excluding carboxylic acids is 1. The van der Waals surface area contributed by atoms with Gasteiger partial charge in [0.2, 0.25) is 9.84 Å². The van der Waals surface area contributed by atoms with E-state index in [2.05, 4.69) is 20.3 Å². The summed E-state index contributed by atoms with van der Waals surface area (Å²) < 4.78 is 27.5. The smallest absolute Gasteiger partial charge is 0.253 e. The number of anilines is 1. The molecule has 4 heterocycles. The van der Waals surface area contributed by atoms with Crippen molar-refractivity contribution in [2.75, 3.05) is 19.0 Å². The van der Waals surface area contributed by atoms with Crippen LogP contribution in [0.1, 0.15) is 21.7 Å². The number of imidazole rings is 1. The van der Waals surface area contributed by atoms with Gasteiger partial charge < -0.3 is 14.6 Å². The Labute approximate surface area is 183 Å². The zero-order valence-corrected chi connectivity index (χ0v) is 18.7. The highest BCUT2D eigenvalue weighted by Crippen LogP contribution is 2.29. The zero-order chi connectivity index (χ0) is 22.2. The normalized spacial score (nSPS) is 11.6. The summed E-state index contributed by atoms with van der Waals surface area (Å²) in [7, 11) is -0.0907. The van der Waals surface area contributed by atoms with Crippen LogP contribution >= 0.6 is 11.3 Å². The Hall–Kier alpha value is -3.31. The Morgan fingerprint density at radius 1 is 1.13 bits per heavy atom. The van der Waals surface area contributed by atoms with Gasteiger partial charge in [-0.3, -0.25) is 9.78 Å². The predicted octanol–water partition coefficient (Wildman–Crippen LogP) is 2.32. The molecule has 0 aliphatic heterocycles. The van der Waals surface area contributed by atoms with Crippen molar-refractivity contribution in [1.82, 2.24) is 24.7 Å². The third-order valence-corrected chi connectivity index (χ3v) is 7.86. The second-order valence-electron chi connectivity index (χ2n) is 7.09. The number of pyridine rings is 2. The van der Waals surface area contributed by atoms with Gasteiger partial charge in [-0.2, -0.15) is 0 Å². The van der Waals surface area contributed by atoms with E-state index >= 15 is 0 Å². The molecule has 11 heteroatoms. The van der Waals surface area contributed by atoms with Gasteiger partial charge in [0.05, 0.1) is 34.6 Å². The number of nitrogens with one attached hydrogen (secondary N) is 1. The topological polar surface area (TPSA) is 110 Å². The molecule has 160 valence electrons. The lowest BCUT2D eigenvalue weighted by atomic mass is 10.2.